The van der Waals surface area contributed by atoms with E-state index in [0.29, 0.717) is 12.0 Å². The van der Waals surface area contributed by atoms with Gasteiger partial charge in [0.2, 0.25) is 0 Å². The largest absolute Gasteiger partial charge is 0.313 e. The van der Waals surface area contributed by atoms with Crippen LogP contribution < -0.4 is 5.32 Å². The smallest absolute Gasteiger partial charge is 0.0178 e. The molecule has 1 aliphatic rings. The molecule has 2 aromatic carbocycles. The molecule has 21 heavy (non-hydrogen) atoms. The van der Waals surface area contributed by atoms with Gasteiger partial charge in [-0.2, -0.15) is 0 Å². The van der Waals surface area contributed by atoms with Gasteiger partial charge < -0.3 is 5.32 Å². The Morgan fingerprint density at radius 3 is 2.76 bits per heavy atom. The lowest BCUT2D eigenvalue weighted by Gasteiger charge is -2.27. The average molecular weight is 344 g/mol. The van der Waals surface area contributed by atoms with E-state index in [9.17, 15) is 0 Å². The number of aryl methyl sites for hydroxylation is 1. The van der Waals surface area contributed by atoms with Crippen LogP contribution in [0.2, 0.25) is 0 Å². The fraction of sp³-hybridized carbons (Fsp3) is 0.368. The first-order valence-electron chi connectivity index (χ1n) is 7.78. The molecule has 1 aliphatic carbocycles. The number of benzene rings is 2. The Kier molecular flexibility index (Phi) is 4.77. The summed E-state index contributed by atoms with van der Waals surface area (Å²) in [7, 11) is 0. The Labute approximate surface area is 135 Å². The van der Waals surface area contributed by atoms with Crippen LogP contribution >= 0.6 is 15.9 Å². The van der Waals surface area contributed by atoms with E-state index >= 15 is 0 Å². The van der Waals surface area contributed by atoms with Gasteiger partial charge in [0, 0.05) is 17.1 Å². The first-order valence-corrected chi connectivity index (χ1v) is 8.57. The normalized spacial score (nSPS) is 19.0. The zero-order valence-corrected chi connectivity index (χ0v) is 14.1. The van der Waals surface area contributed by atoms with Crippen molar-refractivity contribution in [2.75, 3.05) is 6.54 Å². The third-order valence-corrected chi connectivity index (χ3v) is 4.97. The first-order chi connectivity index (χ1) is 10.2. The van der Waals surface area contributed by atoms with Crippen molar-refractivity contribution in [2.45, 2.75) is 38.1 Å². The fourth-order valence-electron chi connectivity index (χ4n) is 3.14. The summed E-state index contributed by atoms with van der Waals surface area (Å²) >= 11 is 3.57. The van der Waals surface area contributed by atoms with Crippen LogP contribution in [-0.2, 0) is 12.8 Å². The lowest BCUT2D eigenvalue weighted by atomic mass is 9.88. The van der Waals surface area contributed by atoms with Crippen molar-refractivity contribution in [3.05, 3.63) is 69.7 Å². The molecule has 0 radical (unpaired) electrons. The third-order valence-electron chi connectivity index (χ3n) is 4.48. The average Bonchev–Trinajstić information content (AvgIpc) is 2.53. The Bertz CT molecular complexity index is 594. The molecule has 2 aromatic rings. The molecular weight excluding hydrogens is 322 g/mol. The van der Waals surface area contributed by atoms with Crippen molar-refractivity contribution in [3.63, 3.8) is 0 Å². The lowest BCUT2D eigenvalue weighted by Crippen LogP contribution is -2.36. The molecule has 2 unspecified atom stereocenters. The van der Waals surface area contributed by atoms with E-state index in [1.165, 1.54) is 34.0 Å². The van der Waals surface area contributed by atoms with Gasteiger partial charge in [-0.3, -0.25) is 0 Å². The van der Waals surface area contributed by atoms with E-state index in [1.54, 1.807) is 0 Å². The maximum absolute atomic E-state index is 3.76. The summed E-state index contributed by atoms with van der Waals surface area (Å²) in [4.78, 5) is 0. The predicted octanol–water partition coefficient (Wildman–Crippen LogP) is 4.70. The zero-order chi connectivity index (χ0) is 14.7. The molecule has 2 atom stereocenters. The quantitative estimate of drug-likeness (QED) is 0.848. The van der Waals surface area contributed by atoms with Crippen LogP contribution in [0.1, 0.15) is 36.0 Å². The van der Waals surface area contributed by atoms with E-state index in [0.717, 1.165) is 13.0 Å². The summed E-state index contributed by atoms with van der Waals surface area (Å²) in [6, 6.07) is 18.1. The second-order valence-electron chi connectivity index (χ2n) is 6.07. The summed E-state index contributed by atoms with van der Waals surface area (Å²) in [5, 5.41) is 3.76. The number of fused-ring (bicyclic) bond motifs is 1. The van der Waals surface area contributed by atoms with Gasteiger partial charge in [-0.15, -0.1) is 0 Å². The Balaban J connectivity index is 1.57. The maximum Gasteiger partial charge on any atom is 0.0178 e. The highest BCUT2D eigenvalue weighted by Crippen LogP contribution is 2.25. The van der Waals surface area contributed by atoms with E-state index in [1.807, 2.05) is 0 Å². The molecule has 0 spiro atoms. The van der Waals surface area contributed by atoms with E-state index in [-0.39, 0.29) is 0 Å². The van der Waals surface area contributed by atoms with Gasteiger partial charge in [-0.25, -0.2) is 0 Å². The lowest BCUT2D eigenvalue weighted by molar-refractivity contribution is 0.444. The van der Waals surface area contributed by atoms with Gasteiger partial charge in [0.15, 0.2) is 0 Å². The van der Waals surface area contributed by atoms with Crippen molar-refractivity contribution >= 4 is 15.9 Å². The standard InChI is InChI=1S/C19H22BrN/c1-14(15-5-3-2-4-6-15)13-21-19-10-8-16-11-18(20)9-7-17(16)12-19/h2-7,9,11,14,19,21H,8,10,12-13H2,1H3. The van der Waals surface area contributed by atoms with E-state index in [2.05, 4.69) is 76.7 Å². The molecule has 0 fully saturated rings. The monoisotopic (exact) mass is 343 g/mol. The van der Waals surface area contributed by atoms with Crippen LogP contribution in [0.15, 0.2) is 53.0 Å². The second kappa shape index (κ2) is 6.76. The zero-order valence-electron chi connectivity index (χ0n) is 12.5. The van der Waals surface area contributed by atoms with Gasteiger partial charge >= 0.3 is 0 Å². The van der Waals surface area contributed by atoms with Crippen LogP contribution in [0.3, 0.4) is 0 Å². The molecule has 1 N–H and O–H groups in total. The minimum absolute atomic E-state index is 0.567. The Hall–Kier alpha value is -1.12. The van der Waals surface area contributed by atoms with Crippen LogP contribution in [0.5, 0.6) is 0 Å². The summed E-state index contributed by atoms with van der Waals surface area (Å²) < 4.78 is 1.20. The summed E-state index contributed by atoms with van der Waals surface area (Å²) in [5.74, 6) is 0.567. The number of halogens is 1. The minimum atomic E-state index is 0.567. The minimum Gasteiger partial charge on any atom is -0.313 e. The van der Waals surface area contributed by atoms with Crippen LogP contribution in [-0.4, -0.2) is 12.6 Å². The van der Waals surface area contributed by atoms with Gasteiger partial charge in [0.25, 0.3) is 0 Å². The Morgan fingerprint density at radius 2 is 1.95 bits per heavy atom. The number of hydrogen-bond acceptors (Lipinski definition) is 1. The highest BCUT2D eigenvalue weighted by Gasteiger charge is 2.19. The van der Waals surface area contributed by atoms with Crippen molar-refractivity contribution < 1.29 is 0 Å². The molecule has 0 amide bonds. The van der Waals surface area contributed by atoms with E-state index in [4.69, 9.17) is 0 Å². The van der Waals surface area contributed by atoms with Gasteiger partial charge in [0.05, 0.1) is 0 Å². The van der Waals surface area contributed by atoms with Crippen molar-refractivity contribution in [1.29, 1.82) is 0 Å². The SMILES string of the molecule is CC(CNC1CCc2cc(Br)ccc2C1)c1ccccc1. The fourth-order valence-corrected chi connectivity index (χ4v) is 3.55. The number of nitrogens with one attached hydrogen (secondary N) is 1. The molecule has 3 rings (SSSR count). The maximum atomic E-state index is 3.76. The van der Waals surface area contributed by atoms with Crippen LogP contribution in [0, 0.1) is 0 Å². The summed E-state index contributed by atoms with van der Waals surface area (Å²) in [6.45, 7) is 3.36. The second-order valence-corrected chi connectivity index (χ2v) is 6.99. The van der Waals surface area contributed by atoms with Crippen molar-refractivity contribution in [3.8, 4) is 0 Å². The molecule has 1 nitrogen and oxygen atoms in total. The third kappa shape index (κ3) is 3.75. The molecule has 0 saturated heterocycles. The van der Waals surface area contributed by atoms with Crippen LogP contribution in [0.4, 0.5) is 0 Å². The molecule has 110 valence electrons. The van der Waals surface area contributed by atoms with Crippen LogP contribution in [0.25, 0.3) is 0 Å². The van der Waals surface area contributed by atoms with Crippen molar-refractivity contribution in [2.24, 2.45) is 0 Å². The Morgan fingerprint density at radius 1 is 1.14 bits per heavy atom. The topological polar surface area (TPSA) is 12.0 Å². The first kappa shape index (κ1) is 14.8. The van der Waals surface area contributed by atoms with Crippen molar-refractivity contribution in [1.82, 2.24) is 5.32 Å². The van der Waals surface area contributed by atoms with E-state index < -0.39 is 0 Å². The van der Waals surface area contributed by atoms with Gasteiger partial charge in [0.1, 0.15) is 0 Å². The molecule has 0 aromatic heterocycles. The highest BCUT2D eigenvalue weighted by molar-refractivity contribution is 9.10. The number of rotatable bonds is 4. The molecule has 2 heteroatoms. The molecular formula is C19H22BrN. The summed E-state index contributed by atoms with van der Waals surface area (Å²) in [5.41, 5.74) is 4.44. The summed E-state index contributed by atoms with van der Waals surface area (Å²) in [6.07, 6.45) is 3.58. The molecule has 0 bridgehead atoms. The number of hydrogen-bond donors (Lipinski definition) is 1. The van der Waals surface area contributed by atoms with Gasteiger partial charge in [-0.05, 0) is 54.0 Å². The molecule has 0 saturated carbocycles. The van der Waals surface area contributed by atoms with Gasteiger partial charge in [-0.1, -0.05) is 59.3 Å². The molecule has 0 aliphatic heterocycles. The predicted molar refractivity (Wildman–Crippen MR) is 92.8 cm³/mol. The highest BCUT2D eigenvalue weighted by atomic mass is 79.9. The molecule has 0 heterocycles.